The maximum atomic E-state index is 13.3. The molecule has 1 aromatic rings. The zero-order valence-corrected chi connectivity index (χ0v) is 9.77. The summed E-state index contributed by atoms with van der Waals surface area (Å²) in [4.78, 5) is 15.1. The van der Waals surface area contributed by atoms with Gasteiger partial charge in [0.25, 0.3) is 0 Å². The van der Waals surface area contributed by atoms with Gasteiger partial charge < -0.3 is 9.47 Å². The minimum absolute atomic E-state index is 0.136. The minimum atomic E-state index is -0.980. The van der Waals surface area contributed by atoms with E-state index in [1.54, 1.807) is 32.2 Å². The summed E-state index contributed by atoms with van der Waals surface area (Å²) in [7, 11) is 1.55. The first-order valence-electron chi connectivity index (χ1n) is 5.16. The van der Waals surface area contributed by atoms with E-state index in [0.29, 0.717) is 18.0 Å². The molecule has 0 N–H and O–H groups in total. The second-order valence-electron chi connectivity index (χ2n) is 3.20. The third kappa shape index (κ3) is 4.32. The van der Waals surface area contributed by atoms with Crippen LogP contribution in [0.15, 0.2) is 24.0 Å². The average Bonchev–Trinajstić information content (AvgIpc) is 2.30. The Balaban J connectivity index is 2.82. The van der Waals surface area contributed by atoms with Crippen LogP contribution < -0.4 is 0 Å². The summed E-state index contributed by atoms with van der Waals surface area (Å²) < 4.78 is 22.7. The van der Waals surface area contributed by atoms with E-state index in [0.717, 1.165) is 6.08 Å². The Morgan fingerprint density at radius 1 is 1.53 bits per heavy atom. The molecule has 0 aliphatic heterocycles. The summed E-state index contributed by atoms with van der Waals surface area (Å²) in [5.41, 5.74) is 1.02. The molecule has 0 aliphatic carbocycles. The molecule has 0 saturated heterocycles. The molecule has 0 aromatic carbocycles. The van der Waals surface area contributed by atoms with E-state index in [1.165, 1.54) is 0 Å². The second kappa shape index (κ2) is 6.75. The van der Waals surface area contributed by atoms with Gasteiger partial charge in [-0.1, -0.05) is 6.07 Å². The van der Waals surface area contributed by atoms with Gasteiger partial charge in [0, 0.05) is 13.2 Å². The zero-order chi connectivity index (χ0) is 12.7. The van der Waals surface area contributed by atoms with Crippen molar-refractivity contribution in [3.63, 3.8) is 0 Å². The lowest BCUT2D eigenvalue weighted by Gasteiger charge is -2.01. The molecule has 0 saturated carbocycles. The van der Waals surface area contributed by atoms with Crippen LogP contribution in [0.5, 0.6) is 0 Å². The molecule has 1 aromatic heterocycles. The normalized spacial score (nSPS) is 11.4. The smallest absolute Gasteiger partial charge is 0.367 e. The van der Waals surface area contributed by atoms with E-state index in [4.69, 9.17) is 4.74 Å². The molecule has 0 atom stereocenters. The minimum Gasteiger partial charge on any atom is -0.461 e. The summed E-state index contributed by atoms with van der Waals surface area (Å²) in [5.74, 6) is -1.94. The number of rotatable bonds is 5. The van der Waals surface area contributed by atoms with Gasteiger partial charge in [0.05, 0.1) is 24.6 Å². The average molecular weight is 239 g/mol. The number of esters is 1. The summed E-state index contributed by atoms with van der Waals surface area (Å²) >= 11 is 0. The molecular formula is C12H14FNO3. The molecule has 0 amide bonds. The lowest BCUT2D eigenvalue weighted by atomic mass is 10.3. The van der Waals surface area contributed by atoms with Gasteiger partial charge in [-0.25, -0.2) is 4.79 Å². The Bertz CT molecular complexity index is 418. The van der Waals surface area contributed by atoms with Crippen molar-refractivity contribution in [2.45, 2.75) is 13.5 Å². The van der Waals surface area contributed by atoms with Crippen molar-refractivity contribution in [1.82, 2.24) is 4.98 Å². The number of methoxy groups -OCH3 is 1. The predicted molar refractivity (Wildman–Crippen MR) is 60.7 cm³/mol. The summed E-state index contributed by atoms with van der Waals surface area (Å²) in [6.07, 6.45) is 1.04. The highest BCUT2D eigenvalue weighted by Gasteiger charge is 2.09. The zero-order valence-electron chi connectivity index (χ0n) is 9.77. The number of pyridine rings is 1. The summed E-state index contributed by atoms with van der Waals surface area (Å²) in [5, 5.41) is 0. The highest BCUT2D eigenvalue weighted by Crippen LogP contribution is 2.09. The Morgan fingerprint density at radius 2 is 2.29 bits per heavy atom. The van der Waals surface area contributed by atoms with E-state index in [2.05, 4.69) is 9.72 Å². The number of nitrogens with zero attached hydrogens (tertiary/aromatic N) is 1. The van der Waals surface area contributed by atoms with E-state index < -0.39 is 11.8 Å². The van der Waals surface area contributed by atoms with Gasteiger partial charge in [-0.05, 0) is 19.1 Å². The van der Waals surface area contributed by atoms with Crippen LogP contribution in [0.1, 0.15) is 18.3 Å². The van der Waals surface area contributed by atoms with Crippen LogP contribution in [0.3, 0.4) is 0 Å². The molecule has 0 bridgehead atoms. The standard InChI is InChI=1S/C12H14FNO3/c1-3-17-12(15)11(13)7-9-5-4-6-10(14-9)8-16-2/h4-7H,3,8H2,1-2H3/b11-7+. The Labute approximate surface area is 99.1 Å². The topological polar surface area (TPSA) is 48.4 Å². The Hall–Kier alpha value is -1.75. The largest absolute Gasteiger partial charge is 0.461 e. The highest BCUT2D eigenvalue weighted by atomic mass is 19.1. The monoisotopic (exact) mass is 239 g/mol. The number of hydrogen-bond donors (Lipinski definition) is 0. The van der Waals surface area contributed by atoms with Crippen molar-refractivity contribution in [3.05, 3.63) is 35.4 Å². The third-order valence-electron chi connectivity index (χ3n) is 1.87. The predicted octanol–water partition coefficient (Wildman–Crippen LogP) is 2.10. The quantitative estimate of drug-likeness (QED) is 0.583. The third-order valence-corrected chi connectivity index (χ3v) is 1.87. The lowest BCUT2D eigenvalue weighted by molar-refractivity contribution is -0.140. The van der Waals surface area contributed by atoms with Gasteiger partial charge in [-0.2, -0.15) is 4.39 Å². The number of ether oxygens (including phenoxy) is 2. The number of carbonyl (C=O) groups excluding carboxylic acids is 1. The van der Waals surface area contributed by atoms with Crippen molar-refractivity contribution in [1.29, 1.82) is 0 Å². The van der Waals surface area contributed by atoms with Crippen LogP contribution >= 0.6 is 0 Å². The maximum Gasteiger partial charge on any atom is 0.367 e. The first-order chi connectivity index (χ1) is 8.17. The first-order valence-corrected chi connectivity index (χ1v) is 5.16. The molecule has 0 radical (unpaired) electrons. The Morgan fingerprint density at radius 3 is 2.94 bits per heavy atom. The fourth-order valence-electron chi connectivity index (χ4n) is 1.20. The van der Waals surface area contributed by atoms with Crippen molar-refractivity contribution in [3.8, 4) is 0 Å². The van der Waals surface area contributed by atoms with Crippen LogP contribution in [0.2, 0.25) is 0 Å². The Kier molecular flexibility index (Phi) is 5.29. The van der Waals surface area contributed by atoms with Crippen LogP contribution in [-0.2, 0) is 20.9 Å². The van der Waals surface area contributed by atoms with E-state index >= 15 is 0 Å². The fourth-order valence-corrected chi connectivity index (χ4v) is 1.20. The van der Waals surface area contributed by atoms with Gasteiger partial charge in [0.15, 0.2) is 0 Å². The molecule has 5 heteroatoms. The number of carbonyl (C=O) groups is 1. The highest BCUT2D eigenvalue weighted by molar-refractivity contribution is 5.90. The molecule has 0 fully saturated rings. The lowest BCUT2D eigenvalue weighted by Crippen LogP contribution is -2.04. The van der Waals surface area contributed by atoms with Gasteiger partial charge in [-0.3, -0.25) is 4.98 Å². The SMILES string of the molecule is CCOC(=O)/C(F)=C\c1cccc(COC)n1. The first kappa shape index (κ1) is 13.3. The van der Waals surface area contributed by atoms with E-state index in [1.807, 2.05) is 0 Å². The van der Waals surface area contributed by atoms with Crippen molar-refractivity contribution in [2.75, 3.05) is 13.7 Å². The number of halogens is 1. The second-order valence-corrected chi connectivity index (χ2v) is 3.20. The number of aromatic nitrogens is 1. The van der Waals surface area contributed by atoms with Crippen LogP contribution in [0, 0.1) is 0 Å². The molecule has 17 heavy (non-hydrogen) atoms. The van der Waals surface area contributed by atoms with Gasteiger partial charge in [0.2, 0.25) is 5.83 Å². The van der Waals surface area contributed by atoms with Gasteiger partial charge in [-0.15, -0.1) is 0 Å². The molecule has 1 heterocycles. The van der Waals surface area contributed by atoms with E-state index in [-0.39, 0.29) is 6.61 Å². The summed E-state index contributed by atoms with van der Waals surface area (Å²) in [6, 6.07) is 5.06. The van der Waals surface area contributed by atoms with E-state index in [9.17, 15) is 9.18 Å². The molecule has 0 unspecified atom stereocenters. The molecule has 4 nitrogen and oxygen atoms in total. The van der Waals surface area contributed by atoms with Gasteiger partial charge >= 0.3 is 5.97 Å². The fraction of sp³-hybridized carbons (Fsp3) is 0.333. The van der Waals surface area contributed by atoms with Crippen LogP contribution in [-0.4, -0.2) is 24.7 Å². The van der Waals surface area contributed by atoms with Crippen LogP contribution in [0.4, 0.5) is 4.39 Å². The molecular weight excluding hydrogens is 225 g/mol. The molecule has 92 valence electrons. The van der Waals surface area contributed by atoms with Crippen molar-refractivity contribution >= 4 is 12.0 Å². The van der Waals surface area contributed by atoms with Gasteiger partial charge in [0.1, 0.15) is 0 Å². The molecule has 1 rings (SSSR count). The molecule has 0 aliphatic rings. The number of hydrogen-bond acceptors (Lipinski definition) is 4. The van der Waals surface area contributed by atoms with Crippen molar-refractivity contribution < 1.29 is 18.7 Å². The van der Waals surface area contributed by atoms with Crippen molar-refractivity contribution in [2.24, 2.45) is 0 Å². The maximum absolute atomic E-state index is 13.3. The molecule has 0 spiro atoms. The van der Waals surface area contributed by atoms with Crippen LogP contribution in [0.25, 0.3) is 6.08 Å². The summed E-state index contributed by atoms with van der Waals surface area (Å²) in [6.45, 7) is 2.09.